The summed E-state index contributed by atoms with van der Waals surface area (Å²) >= 11 is 5.87. The first kappa shape index (κ1) is 21.4. The number of ether oxygens (including phenoxy) is 2. The number of methoxy groups -OCH3 is 1. The van der Waals surface area contributed by atoms with E-state index < -0.39 is 17.8 Å². The predicted octanol–water partition coefficient (Wildman–Crippen LogP) is 4.19. The first-order valence-electron chi connectivity index (χ1n) is 9.35. The summed E-state index contributed by atoms with van der Waals surface area (Å²) in [4.78, 5) is 38.4. The van der Waals surface area contributed by atoms with Crippen LogP contribution in [-0.4, -0.2) is 31.1 Å². The SMILES string of the molecule is CCC(C)Oc1ccc(/C=C2/C(=O)NC(=O)N(c3ccc(Cl)cc3)C2=O)cc1OC. The molecule has 1 fully saturated rings. The Hall–Kier alpha value is -3.32. The fourth-order valence-corrected chi connectivity index (χ4v) is 2.95. The molecule has 0 spiro atoms. The normalized spacial score (nSPS) is 16.5. The van der Waals surface area contributed by atoms with E-state index in [0.29, 0.717) is 27.8 Å². The molecule has 1 aliphatic rings. The molecule has 1 aliphatic heterocycles. The Bertz CT molecular complexity index is 1020. The molecule has 4 amide bonds. The summed E-state index contributed by atoms with van der Waals surface area (Å²) in [6.07, 6.45) is 2.24. The maximum Gasteiger partial charge on any atom is 0.335 e. The van der Waals surface area contributed by atoms with Crippen LogP contribution in [0, 0.1) is 0 Å². The van der Waals surface area contributed by atoms with E-state index in [4.69, 9.17) is 21.1 Å². The summed E-state index contributed by atoms with van der Waals surface area (Å²) in [7, 11) is 1.51. The van der Waals surface area contributed by atoms with Crippen molar-refractivity contribution in [2.45, 2.75) is 26.4 Å². The molecule has 1 heterocycles. The van der Waals surface area contributed by atoms with Gasteiger partial charge in [-0.1, -0.05) is 24.6 Å². The molecule has 7 nitrogen and oxygen atoms in total. The van der Waals surface area contributed by atoms with Crippen LogP contribution in [0.1, 0.15) is 25.8 Å². The minimum absolute atomic E-state index is 0.00718. The van der Waals surface area contributed by atoms with Crippen molar-refractivity contribution in [2.75, 3.05) is 12.0 Å². The summed E-state index contributed by atoms with van der Waals surface area (Å²) in [5.41, 5.74) is 0.671. The molecule has 1 saturated heterocycles. The second-order valence-corrected chi connectivity index (χ2v) is 7.12. The molecular formula is C22H21ClN2O5. The van der Waals surface area contributed by atoms with Gasteiger partial charge in [-0.05, 0) is 61.4 Å². The van der Waals surface area contributed by atoms with Gasteiger partial charge in [0.05, 0.1) is 18.9 Å². The molecule has 1 N–H and O–H groups in total. The molecule has 8 heteroatoms. The molecule has 0 radical (unpaired) electrons. The van der Waals surface area contributed by atoms with Gasteiger partial charge in [0.1, 0.15) is 5.57 Å². The molecule has 1 atom stereocenters. The van der Waals surface area contributed by atoms with Crippen molar-refractivity contribution in [3.05, 3.63) is 58.6 Å². The summed E-state index contributed by atoms with van der Waals surface area (Å²) in [6, 6.07) is 10.4. The largest absolute Gasteiger partial charge is 0.493 e. The van der Waals surface area contributed by atoms with E-state index in [1.165, 1.54) is 25.3 Å². The number of rotatable bonds is 6. The van der Waals surface area contributed by atoms with E-state index in [1.54, 1.807) is 30.3 Å². The number of urea groups is 1. The topological polar surface area (TPSA) is 84.9 Å². The second-order valence-electron chi connectivity index (χ2n) is 6.68. The highest BCUT2D eigenvalue weighted by Gasteiger charge is 2.36. The standard InChI is InChI=1S/C22H21ClN2O5/c1-4-13(2)30-18-10-5-14(12-19(18)29-3)11-17-20(26)24-22(28)25(21(17)27)16-8-6-15(23)7-9-16/h5-13H,4H2,1-3H3,(H,24,26,28)/b17-11-. The van der Waals surface area contributed by atoms with Crippen molar-refractivity contribution >= 4 is 41.2 Å². The number of benzene rings is 2. The molecule has 3 rings (SSSR count). The highest BCUT2D eigenvalue weighted by atomic mass is 35.5. The van der Waals surface area contributed by atoms with Gasteiger partial charge in [0.15, 0.2) is 11.5 Å². The Morgan fingerprint density at radius 3 is 2.43 bits per heavy atom. The average Bonchev–Trinajstić information content (AvgIpc) is 2.73. The number of carbonyl (C=O) groups is 3. The fraction of sp³-hybridized carbons (Fsp3) is 0.227. The Morgan fingerprint density at radius 2 is 1.80 bits per heavy atom. The second kappa shape index (κ2) is 9.00. The lowest BCUT2D eigenvalue weighted by atomic mass is 10.1. The van der Waals surface area contributed by atoms with Gasteiger partial charge in [-0.3, -0.25) is 14.9 Å². The lowest BCUT2D eigenvalue weighted by Gasteiger charge is -2.26. The first-order valence-corrected chi connectivity index (χ1v) is 9.73. The number of halogens is 1. The third kappa shape index (κ3) is 4.46. The van der Waals surface area contributed by atoms with Gasteiger partial charge in [0.2, 0.25) is 0 Å². The van der Waals surface area contributed by atoms with Crippen LogP contribution in [0.5, 0.6) is 11.5 Å². The van der Waals surface area contributed by atoms with E-state index in [2.05, 4.69) is 5.32 Å². The van der Waals surface area contributed by atoms with Crippen molar-refractivity contribution in [1.29, 1.82) is 0 Å². The van der Waals surface area contributed by atoms with E-state index in [-0.39, 0.29) is 11.7 Å². The number of anilines is 1. The lowest BCUT2D eigenvalue weighted by molar-refractivity contribution is -0.122. The Morgan fingerprint density at radius 1 is 1.10 bits per heavy atom. The third-order valence-corrected chi connectivity index (χ3v) is 4.84. The van der Waals surface area contributed by atoms with Crippen molar-refractivity contribution in [3.63, 3.8) is 0 Å². The smallest absolute Gasteiger partial charge is 0.335 e. The van der Waals surface area contributed by atoms with Gasteiger partial charge in [-0.25, -0.2) is 9.69 Å². The van der Waals surface area contributed by atoms with Crippen molar-refractivity contribution in [1.82, 2.24) is 5.32 Å². The number of imide groups is 2. The number of barbiturate groups is 1. The van der Waals surface area contributed by atoms with Gasteiger partial charge in [0.25, 0.3) is 11.8 Å². The van der Waals surface area contributed by atoms with Crippen molar-refractivity contribution < 1.29 is 23.9 Å². The summed E-state index contributed by atoms with van der Waals surface area (Å²) in [5, 5.41) is 2.65. The average molecular weight is 429 g/mol. The lowest BCUT2D eigenvalue weighted by Crippen LogP contribution is -2.54. The highest BCUT2D eigenvalue weighted by Crippen LogP contribution is 2.31. The third-order valence-electron chi connectivity index (χ3n) is 4.59. The minimum Gasteiger partial charge on any atom is -0.493 e. The van der Waals surface area contributed by atoms with Gasteiger partial charge in [-0.15, -0.1) is 0 Å². The van der Waals surface area contributed by atoms with Crippen LogP contribution in [0.2, 0.25) is 5.02 Å². The number of hydrogen-bond acceptors (Lipinski definition) is 5. The minimum atomic E-state index is -0.820. The molecule has 2 aromatic carbocycles. The van der Waals surface area contributed by atoms with Crippen LogP contribution in [0.3, 0.4) is 0 Å². The molecule has 1 unspecified atom stereocenters. The van der Waals surface area contributed by atoms with Crippen LogP contribution in [-0.2, 0) is 9.59 Å². The number of nitrogens with zero attached hydrogens (tertiary/aromatic N) is 1. The van der Waals surface area contributed by atoms with Crippen LogP contribution in [0.15, 0.2) is 48.0 Å². The van der Waals surface area contributed by atoms with E-state index in [9.17, 15) is 14.4 Å². The maximum absolute atomic E-state index is 12.9. The molecule has 0 saturated carbocycles. The molecule has 2 aromatic rings. The quantitative estimate of drug-likeness (QED) is 0.550. The number of hydrogen-bond donors (Lipinski definition) is 1. The van der Waals surface area contributed by atoms with E-state index in [1.807, 2.05) is 13.8 Å². The Kier molecular flexibility index (Phi) is 6.42. The number of nitrogens with one attached hydrogen (secondary N) is 1. The zero-order valence-corrected chi connectivity index (χ0v) is 17.5. The molecule has 0 bridgehead atoms. The Balaban J connectivity index is 1.95. The predicted molar refractivity (Wildman–Crippen MR) is 114 cm³/mol. The van der Waals surface area contributed by atoms with Crippen LogP contribution in [0.4, 0.5) is 10.5 Å². The zero-order chi connectivity index (χ0) is 21.8. The number of amides is 4. The molecule has 0 aromatic heterocycles. The Labute approximate surface area is 179 Å². The molecule has 156 valence electrons. The first-order chi connectivity index (χ1) is 14.3. The van der Waals surface area contributed by atoms with Crippen LogP contribution in [0.25, 0.3) is 6.08 Å². The monoisotopic (exact) mass is 428 g/mol. The zero-order valence-electron chi connectivity index (χ0n) is 16.8. The van der Waals surface area contributed by atoms with Crippen LogP contribution < -0.4 is 19.7 Å². The molecule has 0 aliphatic carbocycles. The van der Waals surface area contributed by atoms with Gasteiger partial charge in [-0.2, -0.15) is 0 Å². The van der Waals surface area contributed by atoms with Crippen molar-refractivity contribution in [2.24, 2.45) is 0 Å². The summed E-state index contributed by atoms with van der Waals surface area (Å²) < 4.78 is 11.2. The van der Waals surface area contributed by atoms with Gasteiger partial charge >= 0.3 is 6.03 Å². The van der Waals surface area contributed by atoms with E-state index >= 15 is 0 Å². The number of carbonyl (C=O) groups excluding carboxylic acids is 3. The summed E-state index contributed by atoms with van der Waals surface area (Å²) in [6.45, 7) is 3.96. The summed E-state index contributed by atoms with van der Waals surface area (Å²) in [5.74, 6) is -0.468. The van der Waals surface area contributed by atoms with Gasteiger partial charge < -0.3 is 9.47 Å². The highest BCUT2D eigenvalue weighted by molar-refractivity contribution is 6.39. The molecular weight excluding hydrogens is 408 g/mol. The van der Waals surface area contributed by atoms with Crippen molar-refractivity contribution in [3.8, 4) is 11.5 Å². The maximum atomic E-state index is 12.9. The van der Waals surface area contributed by atoms with Gasteiger partial charge in [0, 0.05) is 5.02 Å². The van der Waals surface area contributed by atoms with E-state index in [0.717, 1.165) is 11.3 Å². The van der Waals surface area contributed by atoms with Crippen LogP contribution >= 0.6 is 11.6 Å². The molecule has 30 heavy (non-hydrogen) atoms. The fourth-order valence-electron chi connectivity index (χ4n) is 2.82.